The van der Waals surface area contributed by atoms with E-state index in [2.05, 4.69) is 14.7 Å². The molecule has 3 aromatic rings. The van der Waals surface area contributed by atoms with Gasteiger partial charge in [-0.25, -0.2) is 4.79 Å². The number of carbonyl (C=O) groups excluding carboxylic acids is 1. The zero-order valence-corrected chi connectivity index (χ0v) is 16.1. The normalized spacial score (nSPS) is 11.2. The molecule has 0 atom stereocenters. The second-order valence-corrected chi connectivity index (χ2v) is 6.75. The summed E-state index contributed by atoms with van der Waals surface area (Å²) in [5.74, 6) is -1.95. The fraction of sp³-hybridized carbons (Fsp3) is 0.211. The summed E-state index contributed by atoms with van der Waals surface area (Å²) in [5, 5.41) is 0. The van der Waals surface area contributed by atoms with E-state index in [4.69, 9.17) is 9.47 Å². The topological polar surface area (TPSA) is 70.5 Å². The number of hydrogen-bond donors (Lipinski definition) is 0. The third kappa shape index (κ3) is 4.65. The Hall–Kier alpha value is -3.14. The van der Waals surface area contributed by atoms with Crippen LogP contribution in [0.4, 0.5) is 13.2 Å². The van der Waals surface area contributed by atoms with E-state index < -0.39 is 29.5 Å². The van der Waals surface area contributed by atoms with Gasteiger partial charge in [0.15, 0.2) is 11.4 Å². The van der Waals surface area contributed by atoms with Crippen molar-refractivity contribution in [3.8, 4) is 22.5 Å². The van der Waals surface area contributed by atoms with E-state index in [1.807, 2.05) is 0 Å². The smallest absolute Gasteiger partial charge is 0.426 e. The minimum atomic E-state index is -4.79. The maximum Gasteiger partial charge on any atom is 0.426 e. The number of ether oxygens (including phenoxy) is 3. The third-order valence-corrected chi connectivity index (χ3v) is 4.81. The van der Waals surface area contributed by atoms with Gasteiger partial charge >= 0.3 is 12.1 Å². The van der Waals surface area contributed by atoms with Gasteiger partial charge in [0.25, 0.3) is 0 Å². The summed E-state index contributed by atoms with van der Waals surface area (Å²) in [6.07, 6.45) is -4.79. The molecule has 0 aliphatic carbocycles. The first-order chi connectivity index (χ1) is 13.8. The standard InChI is InChI=1S/C19H15F3N2O4S/c1-26-16-14(19(20,21)22)17(28-10-11-6-4-3-5-7-11)24-15(23-16)12-8-9-13(29-12)18(25)27-2/h3-9H,10H2,1-2H3. The summed E-state index contributed by atoms with van der Waals surface area (Å²) >= 11 is 0.982. The Bertz CT molecular complexity index is 1010. The summed E-state index contributed by atoms with van der Waals surface area (Å²) in [5.41, 5.74) is -0.534. The van der Waals surface area contributed by atoms with E-state index >= 15 is 0 Å². The van der Waals surface area contributed by atoms with Crippen LogP contribution < -0.4 is 9.47 Å². The van der Waals surface area contributed by atoms with Crippen LogP contribution in [0.25, 0.3) is 10.7 Å². The number of carbonyl (C=O) groups is 1. The van der Waals surface area contributed by atoms with Gasteiger partial charge in [0.2, 0.25) is 11.8 Å². The Kier molecular flexibility index (Phi) is 6.02. The van der Waals surface area contributed by atoms with Crippen molar-refractivity contribution in [3.05, 3.63) is 58.5 Å². The van der Waals surface area contributed by atoms with Crippen LogP contribution in [0, 0.1) is 0 Å². The van der Waals surface area contributed by atoms with E-state index in [-0.39, 0.29) is 17.3 Å². The van der Waals surface area contributed by atoms with E-state index in [1.54, 1.807) is 30.3 Å². The number of benzene rings is 1. The van der Waals surface area contributed by atoms with Crippen LogP contribution in [-0.2, 0) is 17.5 Å². The van der Waals surface area contributed by atoms with Crippen molar-refractivity contribution in [2.45, 2.75) is 12.8 Å². The molecule has 152 valence electrons. The molecule has 3 rings (SSSR count). The fourth-order valence-corrected chi connectivity index (χ4v) is 3.28. The molecule has 0 aliphatic rings. The van der Waals surface area contributed by atoms with E-state index in [9.17, 15) is 18.0 Å². The number of alkyl halides is 3. The van der Waals surface area contributed by atoms with Crippen molar-refractivity contribution in [3.63, 3.8) is 0 Å². The van der Waals surface area contributed by atoms with E-state index in [0.29, 0.717) is 10.4 Å². The van der Waals surface area contributed by atoms with Gasteiger partial charge in [0.05, 0.1) is 19.1 Å². The van der Waals surface area contributed by atoms with Crippen LogP contribution in [0.3, 0.4) is 0 Å². The predicted octanol–water partition coefficient (Wildman–Crippen LogP) is 4.60. The largest absolute Gasteiger partial charge is 0.480 e. The van der Waals surface area contributed by atoms with Gasteiger partial charge in [0.1, 0.15) is 11.5 Å². The predicted molar refractivity (Wildman–Crippen MR) is 99.0 cm³/mol. The molecule has 1 aromatic carbocycles. The lowest BCUT2D eigenvalue weighted by molar-refractivity contribution is -0.140. The quantitative estimate of drug-likeness (QED) is 0.539. The highest BCUT2D eigenvalue weighted by atomic mass is 32.1. The first-order valence-electron chi connectivity index (χ1n) is 8.22. The second-order valence-electron chi connectivity index (χ2n) is 5.66. The van der Waals surface area contributed by atoms with Crippen molar-refractivity contribution in [2.24, 2.45) is 0 Å². The minimum Gasteiger partial charge on any atom is -0.480 e. The lowest BCUT2D eigenvalue weighted by Gasteiger charge is -2.16. The van der Waals surface area contributed by atoms with Crippen LogP contribution in [0.2, 0.25) is 0 Å². The highest BCUT2D eigenvalue weighted by Crippen LogP contribution is 2.42. The Labute approximate surface area is 167 Å². The number of hydrogen-bond acceptors (Lipinski definition) is 7. The van der Waals surface area contributed by atoms with Crippen molar-refractivity contribution in [1.29, 1.82) is 0 Å². The molecule has 29 heavy (non-hydrogen) atoms. The third-order valence-electron chi connectivity index (χ3n) is 3.75. The Morgan fingerprint density at radius 1 is 1.03 bits per heavy atom. The van der Waals surface area contributed by atoms with Crippen molar-refractivity contribution < 1.29 is 32.2 Å². The maximum atomic E-state index is 13.6. The van der Waals surface area contributed by atoms with Crippen molar-refractivity contribution in [2.75, 3.05) is 14.2 Å². The summed E-state index contributed by atoms with van der Waals surface area (Å²) < 4.78 is 55.7. The summed E-state index contributed by atoms with van der Waals surface area (Å²) in [6.45, 7) is -0.124. The highest BCUT2D eigenvalue weighted by molar-refractivity contribution is 7.17. The lowest BCUT2D eigenvalue weighted by atomic mass is 10.2. The van der Waals surface area contributed by atoms with Gasteiger partial charge in [-0.05, 0) is 17.7 Å². The Morgan fingerprint density at radius 2 is 1.72 bits per heavy atom. The molecule has 6 nitrogen and oxygen atoms in total. The zero-order valence-electron chi connectivity index (χ0n) is 15.3. The molecule has 0 spiro atoms. The van der Waals surface area contributed by atoms with Gasteiger partial charge in [0, 0.05) is 0 Å². The molecule has 0 unspecified atom stereocenters. The summed E-state index contributed by atoms with van der Waals surface area (Å²) in [6, 6.07) is 11.7. The molecular weight excluding hydrogens is 409 g/mol. The number of nitrogens with zero attached hydrogens (tertiary/aromatic N) is 2. The van der Waals surface area contributed by atoms with E-state index in [0.717, 1.165) is 18.4 Å². The molecule has 10 heteroatoms. The van der Waals surface area contributed by atoms with E-state index in [1.165, 1.54) is 19.2 Å². The van der Waals surface area contributed by atoms with Gasteiger partial charge in [-0.15, -0.1) is 11.3 Å². The highest BCUT2D eigenvalue weighted by Gasteiger charge is 2.41. The lowest BCUT2D eigenvalue weighted by Crippen LogP contribution is -2.14. The molecule has 0 radical (unpaired) electrons. The number of rotatable bonds is 6. The molecular formula is C19H15F3N2O4S. The molecule has 0 N–H and O–H groups in total. The summed E-state index contributed by atoms with van der Waals surface area (Å²) in [7, 11) is 2.31. The van der Waals surface area contributed by atoms with Crippen LogP contribution in [-0.4, -0.2) is 30.2 Å². The minimum absolute atomic E-state index is 0.0573. The number of methoxy groups -OCH3 is 2. The van der Waals surface area contributed by atoms with Crippen LogP contribution in [0.1, 0.15) is 20.8 Å². The molecule has 0 bridgehead atoms. The zero-order chi connectivity index (χ0) is 21.0. The fourth-order valence-electron chi connectivity index (χ4n) is 2.42. The number of thiophene rings is 1. The second kappa shape index (κ2) is 8.48. The van der Waals surface area contributed by atoms with Crippen molar-refractivity contribution >= 4 is 17.3 Å². The Morgan fingerprint density at radius 3 is 2.34 bits per heavy atom. The molecule has 0 fully saturated rings. The van der Waals surface area contributed by atoms with Gasteiger partial charge in [-0.1, -0.05) is 30.3 Å². The van der Waals surface area contributed by atoms with Gasteiger partial charge in [-0.3, -0.25) is 0 Å². The average Bonchev–Trinajstić information content (AvgIpc) is 3.21. The SMILES string of the molecule is COC(=O)c1ccc(-c2nc(OC)c(C(F)(F)F)c(OCc3ccccc3)n2)s1. The monoisotopic (exact) mass is 424 g/mol. The summed E-state index contributed by atoms with van der Waals surface area (Å²) in [4.78, 5) is 20.1. The number of esters is 1. The number of aromatic nitrogens is 2. The average molecular weight is 424 g/mol. The Balaban J connectivity index is 2.04. The molecule has 0 saturated heterocycles. The number of halogens is 3. The first-order valence-corrected chi connectivity index (χ1v) is 9.03. The maximum absolute atomic E-state index is 13.6. The molecule has 2 aromatic heterocycles. The molecule has 0 saturated carbocycles. The van der Waals surface area contributed by atoms with Crippen LogP contribution in [0.5, 0.6) is 11.8 Å². The van der Waals surface area contributed by atoms with Crippen LogP contribution >= 0.6 is 11.3 Å². The molecule has 0 aliphatic heterocycles. The molecule has 0 amide bonds. The molecule has 2 heterocycles. The first kappa shape index (κ1) is 20.6. The van der Waals surface area contributed by atoms with Gasteiger partial charge in [-0.2, -0.15) is 23.1 Å². The van der Waals surface area contributed by atoms with Crippen LogP contribution in [0.15, 0.2) is 42.5 Å². The van der Waals surface area contributed by atoms with Gasteiger partial charge < -0.3 is 14.2 Å². The van der Waals surface area contributed by atoms with Crippen molar-refractivity contribution in [1.82, 2.24) is 9.97 Å².